The molecule has 1 saturated carbocycles. The van der Waals surface area contributed by atoms with Crippen LogP contribution >= 0.6 is 0 Å². The smallest absolute Gasteiger partial charge is 0.207 e. The standard InChI is InChI=1S/C17H31N5/c1-19-13-16(12-15-8-4-2-5-9-15)21-17(20-14-18)22-10-6-3-7-11-22/h15-16,19H,2-13H2,1H3,(H,20,21)/t16-/m0/s1. The third kappa shape index (κ3) is 5.49. The van der Waals surface area contributed by atoms with Crippen molar-refractivity contribution in [2.45, 2.75) is 63.8 Å². The van der Waals surface area contributed by atoms with Crippen molar-refractivity contribution in [3.8, 4) is 6.19 Å². The average Bonchev–Trinajstić information content (AvgIpc) is 2.56. The second kappa shape index (κ2) is 9.68. The van der Waals surface area contributed by atoms with Crippen LogP contribution in [0, 0.1) is 17.4 Å². The van der Waals surface area contributed by atoms with Crippen molar-refractivity contribution < 1.29 is 0 Å². The fourth-order valence-electron chi connectivity index (χ4n) is 3.75. The molecule has 1 atom stereocenters. The third-order valence-electron chi connectivity index (χ3n) is 4.90. The monoisotopic (exact) mass is 305 g/mol. The number of guanidine groups is 1. The first-order valence-electron chi connectivity index (χ1n) is 8.96. The van der Waals surface area contributed by atoms with Crippen molar-refractivity contribution >= 4 is 5.96 Å². The molecule has 2 fully saturated rings. The third-order valence-corrected chi connectivity index (χ3v) is 4.90. The largest absolute Gasteiger partial charge is 0.342 e. The predicted octanol–water partition coefficient (Wildman–Crippen LogP) is 2.46. The number of piperidine rings is 1. The van der Waals surface area contributed by atoms with E-state index in [0.29, 0.717) is 0 Å². The van der Waals surface area contributed by atoms with Crippen molar-refractivity contribution in [1.82, 2.24) is 15.5 Å². The molecule has 1 aliphatic heterocycles. The molecule has 0 aromatic heterocycles. The first-order valence-corrected chi connectivity index (χ1v) is 8.96. The first-order chi connectivity index (χ1) is 10.8. The summed E-state index contributed by atoms with van der Waals surface area (Å²) in [5.74, 6) is 1.60. The number of likely N-dealkylation sites (N-methyl/N-ethyl adjacent to an activating group) is 1. The Hall–Kier alpha value is -1.28. The van der Waals surface area contributed by atoms with E-state index in [2.05, 4.69) is 21.7 Å². The molecule has 0 aromatic rings. The molecule has 5 nitrogen and oxygen atoms in total. The van der Waals surface area contributed by atoms with Gasteiger partial charge >= 0.3 is 0 Å². The zero-order valence-electron chi connectivity index (χ0n) is 14.0. The summed E-state index contributed by atoms with van der Waals surface area (Å²) >= 11 is 0. The quantitative estimate of drug-likeness (QED) is 0.354. The van der Waals surface area contributed by atoms with Crippen molar-refractivity contribution in [3.05, 3.63) is 0 Å². The molecule has 0 amide bonds. The SMILES string of the molecule is CNC[C@H](CC1CCCCC1)N=C(NC#N)N1CCCCC1. The molecule has 22 heavy (non-hydrogen) atoms. The van der Waals surface area contributed by atoms with Gasteiger partial charge in [0, 0.05) is 19.6 Å². The molecule has 2 aliphatic rings. The van der Waals surface area contributed by atoms with Crippen molar-refractivity contribution in [3.63, 3.8) is 0 Å². The number of aliphatic imine (C=N–C) groups is 1. The molecule has 124 valence electrons. The van der Waals surface area contributed by atoms with Crippen LogP contribution in [0.25, 0.3) is 0 Å². The van der Waals surface area contributed by atoms with Gasteiger partial charge in [-0.15, -0.1) is 0 Å². The fourth-order valence-corrected chi connectivity index (χ4v) is 3.75. The van der Waals surface area contributed by atoms with Gasteiger partial charge in [0.25, 0.3) is 0 Å². The molecular formula is C17H31N5. The zero-order valence-corrected chi connectivity index (χ0v) is 14.0. The summed E-state index contributed by atoms with van der Waals surface area (Å²) in [5, 5.41) is 15.2. The highest BCUT2D eigenvalue weighted by Gasteiger charge is 2.21. The highest BCUT2D eigenvalue weighted by atomic mass is 15.3. The van der Waals surface area contributed by atoms with Crippen LogP contribution in [-0.4, -0.2) is 43.6 Å². The van der Waals surface area contributed by atoms with E-state index in [-0.39, 0.29) is 6.04 Å². The van der Waals surface area contributed by atoms with Gasteiger partial charge in [-0.2, -0.15) is 5.26 Å². The van der Waals surface area contributed by atoms with Gasteiger partial charge in [0.05, 0.1) is 6.04 Å². The zero-order chi connectivity index (χ0) is 15.6. The fraction of sp³-hybridized carbons (Fsp3) is 0.882. The number of rotatable bonds is 5. The topological polar surface area (TPSA) is 63.5 Å². The minimum atomic E-state index is 0.269. The molecule has 1 saturated heterocycles. The summed E-state index contributed by atoms with van der Waals surface area (Å²) in [6.07, 6.45) is 13.7. The molecule has 2 rings (SSSR count). The van der Waals surface area contributed by atoms with E-state index in [9.17, 15) is 0 Å². The lowest BCUT2D eigenvalue weighted by Gasteiger charge is -2.30. The van der Waals surface area contributed by atoms with E-state index >= 15 is 0 Å². The average molecular weight is 305 g/mol. The number of hydrogen-bond acceptors (Lipinski definition) is 3. The van der Waals surface area contributed by atoms with Gasteiger partial charge in [-0.1, -0.05) is 32.1 Å². The van der Waals surface area contributed by atoms with Crippen LogP contribution in [0.2, 0.25) is 0 Å². The predicted molar refractivity (Wildman–Crippen MR) is 90.5 cm³/mol. The number of nitriles is 1. The molecule has 2 N–H and O–H groups in total. The molecule has 0 bridgehead atoms. The van der Waals surface area contributed by atoms with Gasteiger partial charge < -0.3 is 10.2 Å². The molecular weight excluding hydrogens is 274 g/mol. The van der Waals surface area contributed by atoms with Crippen LogP contribution in [0.15, 0.2) is 4.99 Å². The Kier molecular flexibility index (Phi) is 7.51. The van der Waals surface area contributed by atoms with Gasteiger partial charge in [0.1, 0.15) is 0 Å². The summed E-state index contributed by atoms with van der Waals surface area (Å²) in [4.78, 5) is 7.17. The van der Waals surface area contributed by atoms with Crippen LogP contribution in [0.5, 0.6) is 0 Å². The van der Waals surface area contributed by atoms with Crippen LogP contribution in [0.1, 0.15) is 57.8 Å². The number of likely N-dealkylation sites (tertiary alicyclic amines) is 1. The molecule has 1 heterocycles. The highest BCUT2D eigenvalue weighted by Crippen LogP contribution is 2.28. The van der Waals surface area contributed by atoms with E-state index in [1.807, 2.05) is 7.05 Å². The summed E-state index contributed by atoms with van der Waals surface area (Å²) in [6.45, 7) is 2.92. The van der Waals surface area contributed by atoms with Crippen LogP contribution in [-0.2, 0) is 0 Å². The second-order valence-electron chi connectivity index (χ2n) is 6.69. The molecule has 0 radical (unpaired) electrons. The minimum Gasteiger partial charge on any atom is -0.342 e. The summed E-state index contributed by atoms with van der Waals surface area (Å²) < 4.78 is 0. The molecule has 1 aliphatic carbocycles. The maximum Gasteiger partial charge on any atom is 0.207 e. The number of hydrogen-bond donors (Lipinski definition) is 2. The lowest BCUT2D eigenvalue weighted by molar-refractivity contribution is 0.308. The van der Waals surface area contributed by atoms with Gasteiger partial charge in [0.2, 0.25) is 5.96 Å². The maximum atomic E-state index is 9.05. The molecule has 5 heteroatoms. The van der Waals surface area contributed by atoms with Gasteiger partial charge in [-0.05, 0) is 38.6 Å². The van der Waals surface area contributed by atoms with E-state index in [4.69, 9.17) is 10.3 Å². The lowest BCUT2D eigenvalue weighted by Crippen LogP contribution is -2.44. The van der Waals surface area contributed by atoms with Crippen molar-refractivity contribution in [2.75, 3.05) is 26.7 Å². The first kappa shape index (κ1) is 17.1. The second-order valence-corrected chi connectivity index (χ2v) is 6.69. The van der Waals surface area contributed by atoms with Crippen LogP contribution in [0.4, 0.5) is 0 Å². The van der Waals surface area contributed by atoms with Gasteiger partial charge in [-0.25, -0.2) is 4.99 Å². The highest BCUT2D eigenvalue weighted by molar-refractivity contribution is 5.81. The summed E-state index contributed by atoms with van der Waals surface area (Å²) in [7, 11) is 1.99. The van der Waals surface area contributed by atoms with E-state index in [1.54, 1.807) is 0 Å². The van der Waals surface area contributed by atoms with Gasteiger partial charge in [0.15, 0.2) is 6.19 Å². The number of nitrogens with one attached hydrogen (secondary N) is 2. The van der Waals surface area contributed by atoms with E-state index in [1.165, 1.54) is 51.4 Å². The Morgan fingerprint density at radius 3 is 2.50 bits per heavy atom. The van der Waals surface area contributed by atoms with Gasteiger partial charge in [-0.3, -0.25) is 5.32 Å². The Morgan fingerprint density at radius 1 is 1.18 bits per heavy atom. The maximum absolute atomic E-state index is 9.05. The Balaban J connectivity index is 2.00. The van der Waals surface area contributed by atoms with E-state index in [0.717, 1.165) is 37.9 Å². The molecule has 0 aromatic carbocycles. The van der Waals surface area contributed by atoms with Crippen LogP contribution in [0.3, 0.4) is 0 Å². The molecule has 0 spiro atoms. The normalized spacial score (nSPS) is 22.2. The van der Waals surface area contributed by atoms with Crippen LogP contribution < -0.4 is 10.6 Å². The summed E-state index contributed by atoms with van der Waals surface area (Å²) in [5.41, 5.74) is 0. The molecule has 0 unspecified atom stereocenters. The number of nitrogens with zero attached hydrogens (tertiary/aromatic N) is 3. The Bertz CT molecular complexity index is 375. The van der Waals surface area contributed by atoms with Crippen molar-refractivity contribution in [2.24, 2.45) is 10.9 Å². The minimum absolute atomic E-state index is 0.269. The van der Waals surface area contributed by atoms with Crippen molar-refractivity contribution in [1.29, 1.82) is 5.26 Å². The summed E-state index contributed by atoms with van der Waals surface area (Å²) in [6, 6.07) is 0.269. The Morgan fingerprint density at radius 2 is 1.86 bits per heavy atom. The van der Waals surface area contributed by atoms with E-state index < -0.39 is 0 Å². The lowest BCUT2D eigenvalue weighted by atomic mass is 9.85. The Labute approximate surface area is 135 Å².